The van der Waals surface area contributed by atoms with Gasteiger partial charge in [0.05, 0.1) is 45.4 Å². The van der Waals surface area contributed by atoms with Gasteiger partial charge in [-0.25, -0.2) is 13.2 Å². The van der Waals surface area contributed by atoms with Gasteiger partial charge < -0.3 is 20.9 Å². The average Bonchev–Trinajstić information content (AvgIpc) is 3.13. The van der Waals surface area contributed by atoms with Crippen molar-refractivity contribution in [1.82, 2.24) is 15.5 Å². The number of unbranched alkanes of at least 4 members (excludes halogenated alkanes) is 1. The van der Waals surface area contributed by atoms with Gasteiger partial charge in [-0.15, -0.1) is 0 Å². The van der Waals surface area contributed by atoms with Gasteiger partial charge >= 0.3 is 6.03 Å². The fourth-order valence-electron chi connectivity index (χ4n) is 3.92. The van der Waals surface area contributed by atoms with E-state index in [1.54, 1.807) is 18.2 Å². The SMILES string of the molecule is CN(CC(=O)Nc1c(Cl)cccc1Cl)C(=O)CCCC[C@@H]1[C@H]2NC(=O)N[C@H]2CS1(=O)=O. The van der Waals surface area contributed by atoms with Crippen LogP contribution in [0.2, 0.25) is 10.0 Å². The number of fused-ring (bicyclic) bond motifs is 1. The molecular formula is C19H24Cl2N4O5S. The number of nitrogens with one attached hydrogen (secondary N) is 3. The number of rotatable bonds is 8. The van der Waals surface area contributed by atoms with E-state index in [9.17, 15) is 22.8 Å². The van der Waals surface area contributed by atoms with Crippen LogP contribution in [0.25, 0.3) is 0 Å². The van der Waals surface area contributed by atoms with E-state index < -0.39 is 27.0 Å². The van der Waals surface area contributed by atoms with E-state index in [-0.39, 0.29) is 36.7 Å². The van der Waals surface area contributed by atoms with Gasteiger partial charge in [-0.3, -0.25) is 9.59 Å². The molecule has 0 bridgehead atoms. The summed E-state index contributed by atoms with van der Waals surface area (Å²) in [7, 11) is -1.77. The highest BCUT2D eigenvalue weighted by molar-refractivity contribution is 7.92. The molecule has 31 heavy (non-hydrogen) atoms. The Morgan fingerprint density at radius 3 is 2.55 bits per heavy atom. The topological polar surface area (TPSA) is 125 Å². The number of hydrogen-bond acceptors (Lipinski definition) is 5. The van der Waals surface area contributed by atoms with Crippen LogP contribution in [0.3, 0.4) is 0 Å². The molecule has 9 nitrogen and oxygen atoms in total. The van der Waals surface area contributed by atoms with E-state index in [2.05, 4.69) is 16.0 Å². The monoisotopic (exact) mass is 490 g/mol. The van der Waals surface area contributed by atoms with Crippen molar-refractivity contribution >= 4 is 56.6 Å². The van der Waals surface area contributed by atoms with Crippen molar-refractivity contribution in [2.75, 3.05) is 24.7 Å². The first-order valence-electron chi connectivity index (χ1n) is 9.85. The third kappa shape index (κ3) is 5.61. The van der Waals surface area contributed by atoms with E-state index >= 15 is 0 Å². The summed E-state index contributed by atoms with van der Waals surface area (Å²) in [6.45, 7) is -0.168. The van der Waals surface area contributed by atoms with Crippen molar-refractivity contribution in [3.05, 3.63) is 28.2 Å². The molecule has 0 unspecified atom stereocenters. The Kier molecular flexibility index (Phi) is 7.33. The van der Waals surface area contributed by atoms with E-state index in [1.165, 1.54) is 11.9 Å². The number of para-hydroxylation sites is 1. The number of carbonyl (C=O) groups excluding carboxylic acids is 3. The third-order valence-corrected chi connectivity index (χ3v) is 8.39. The Bertz CT molecular complexity index is 967. The smallest absolute Gasteiger partial charge is 0.315 e. The van der Waals surface area contributed by atoms with Crippen LogP contribution in [0.5, 0.6) is 0 Å². The zero-order valence-corrected chi connectivity index (χ0v) is 19.2. The number of benzene rings is 1. The lowest BCUT2D eigenvalue weighted by molar-refractivity contribution is -0.133. The summed E-state index contributed by atoms with van der Waals surface area (Å²) in [6.07, 6.45) is 1.55. The fraction of sp³-hybridized carbons (Fsp3) is 0.526. The summed E-state index contributed by atoms with van der Waals surface area (Å²) in [5.41, 5.74) is 0.293. The van der Waals surface area contributed by atoms with E-state index in [0.29, 0.717) is 35.0 Å². The molecule has 2 aliphatic heterocycles. The van der Waals surface area contributed by atoms with Gasteiger partial charge in [0.2, 0.25) is 11.8 Å². The highest BCUT2D eigenvalue weighted by atomic mass is 35.5. The molecule has 3 rings (SSSR count). The lowest BCUT2D eigenvalue weighted by Gasteiger charge is -2.18. The quantitative estimate of drug-likeness (QED) is 0.378. The van der Waals surface area contributed by atoms with Gasteiger partial charge in [-0.05, 0) is 25.0 Å². The van der Waals surface area contributed by atoms with E-state index in [0.717, 1.165) is 0 Å². The Labute approximate surface area is 190 Å². The molecule has 0 radical (unpaired) electrons. The molecule has 1 aromatic carbocycles. The van der Waals surface area contributed by atoms with Crippen molar-refractivity contribution in [3.63, 3.8) is 0 Å². The van der Waals surface area contributed by atoms with Crippen LogP contribution < -0.4 is 16.0 Å². The predicted molar refractivity (Wildman–Crippen MR) is 118 cm³/mol. The second kappa shape index (κ2) is 9.62. The van der Waals surface area contributed by atoms with Crippen molar-refractivity contribution in [2.24, 2.45) is 0 Å². The maximum atomic E-state index is 12.3. The summed E-state index contributed by atoms with van der Waals surface area (Å²) in [5, 5.41) is 7.85. The molecule has 3 N–H and O–H groups in total. The standard InChI is InChI=1S/C19H24Cl2N4O5S/c1-25(9-15(26)23-17-11(20)5-4-6-12(17)21)16(27)8-3-2-7-14-18-13(10-31(14,29)30)22-19(28)24-18/h4-6,13-14,18H,2-3,7-10H2,1H3,(H,23,26)(H2,22,24,28)/t13-,14+,18-/m0/s1. The highest BCUT2D eigenvalue weighted by Gasteiger charge is 2.51. The highest BCUT2D eigenvalue weighted by Crippen LogP contribution is 2.30. The van der Waals surface area contributed by atoms with Crippen LogP contribution in [0.1, 0.15) is 25.7 Å². The van der Waals surface area contributed by atoms with Crippen molar-refractivity contribution in [1.29, 1.82) is 0 Å². The van der Waals surface area contributed by atoms with Crippen LogP contribution in [0.15, 0.2) is 18.2 Å². The summed E-state index contributed by atoms with van der Waals surface area (Å²) < 4.78 is 24.6. The minimum Gasteiger partial charge on any atom is -0.336 e. The normalized spacial score (nSPS) is 23.6. The van der Waals surface area contributed by atoms with Gasteiger partial charge in [-0.2, -0.15) is 0 Å². The second-order valence-electron chi connectivity index (χ2n) is 7.76. The number of halogens is 2. The van der Waals surface area contributed by atoms with Crippen LogP contribution in [0, 0.1) is 0 Å². The van der Waals surface area contributed by atoms with Gasteiger partial charge in [0.25, 0.3) is 0 Å². The van der Waals surface area contributed by atoms with Gasteiger partial charge in [0.1, 0.15) is 0 Å². The lowest BCUT2D eigenvalue weighted by Crippen LogP contribution is -2.39. The largest absolute Gasteiger partial charge is 0.336 e. The van der Waals surface area contributed by atoms with E-state index in [1.807, 2.05) is 0 Å². The Morgan fingerprint density at radius 2 is 1.87 bits per heavy atom. The Hall–Kier alpha value is -2.04. The summed E-state index contributed by atoms with van der Waals surface area (Å²) >= 11 is 12.0. The first kappa shape index (κ1) is 23.6. The molecule has 170 valence electrons. The van der Waals surface area contributed by atoms with Crippen molar-refractivity contribution in [2.45, 2.75) is 43.0 Å². The average molecular weight is 491 g/mol. The zero-order chi connectivity index (χ0) is 22.8. The van der Waals surface area contributed by atoms with Gasteiger partial charge in [-0.1, -0.05) is 35.7 Å². The lowest BCUT2D eigenvalue weighted by atomic mass is 10.0. The Morgan fingerprint density at radius 1 is 1.19 bits per heavy atom. The maximum absolute atomic E-state index is 12.3. The first-order chi connectivity index (χ1) is 14.6. The number of likely N-dealkylation sites (N-methyl/N-ethyl adjacent to an activating group) is 1. The summed E-state index contributed by atoms with van der Waals surface area (Å²) in [6, 6.07) is 3.69. The van der Waals surface area contributed by atoms with Gasteiger partial charge in [0.15, 0.2) is 9.84 Å². The molecule has 0 spiro atoms. The molecule has 0 saturated carbocycles. The third-order valence-electron chi connectivity index (χ3n) is 5.48. The maximum Gasteiger partial charge on any atom is 0.315 e. The minimum atomic E-state index is -3.29. The van der Waals surface area contributed by atoms with E-state index in [4.69, 9.17) is 23.2 Å². The first-order valence-corrected chi connectivity index (χ1v) is 12.3. The number of sulfone groups is 1. The molecule has 0 aliphatic carbocycles. The fourth-order valence-corrected chi connectivity index (χ4v) is 6.68. The predicted octanol–water partition coefficient (Wildman–Crippen LogP) is 1.80. The molecular weight excluding hydrogens is 467 g/mol. The van der Waals surface area contributed by atoms with Crippen molar-refractivity contribution in [3.8, 4) is 0 Å². The summed E-state index contributed by atoms with van der Waals surface area (Å²) in [5.74, 6) is -0.727. The summed E-state index contributed by atoms with van der Waals surface area (Å²) in [4.78, 5) is 37.3. The molecule has 12 heteroatoms. The number of urea groups is 1. The van der Waals surface area contributed by atoms with Crippen LogP contribution in [0.4, 0.5) is 10.5 Å². The molecule has 2 heterocycles. The molecule has 3 atom stereocenters. The molecule has 0 aromatic heterocycles. The molecule has 4 amide bonds. The number of anilines is 1. The van der Waals surface area contributed by atoms with Gasteiger partial charge in [0, 0.05) is 13.5 Å². The molecule has 2 fully saturated rings. The minimum absolute atomic E-state index is 0.0622. The van der Waals surface area contributed by atoms with Crippen LogP contribution >= 0.6 is 23.2 Å². The Balaban J connectivity index is 1.42. The molecule has 1 aromatic rings. The second-order valence-corrected chi connectivity index (χ2v) is 10.8. The molecule has 2 saturated heterocycles. The van der Waals surface area contributed by atoms with Crippen LogP contribution in [-0.2, 0) is 19.4 Å². The number of nitrogens with zero attached hydrogens (tertiary/aromatic N) is 1. The molecule has 2 aliphatic rings. The zero-order valence-electron chi connectivity index (χ0n) is 16.9. The number of carbonyl (C=O) groups is 3. The van der Waals surface area contributed by atoms with Crippen molar-refractivity contribution < 1.29 is 22.8 Å². The number of hydrogen-bond donors (Lipinski definition) is 3. The van der Waals surface area contributed by atoms with Crippen LogP contribution in [-0.4, -0.2) is 67.8 Å². The number of amides is 4.